The number of nitrogens with zero attached hydrogens (tertiary/aromatic N) is 3. The molecule has 1 amide bonds. The smallest absolute Gasteiger partial charge is 0.338 e. The average Bonchev–Trinajstić information content (AvgIpc) is 3.09. The van der Waals surface area contributed by atoms with Crippen molar-refractivity contribution in [2.45, 2.75) is 0 Å². The second-order valence-electron chi connectivity index (χ2n) is 5.35. The molecule has 9 heteroatoms. The van der Waals surface area contributed by atoms with E-state index in [1.165, 1.54) is 29.4 Å². The van der Waals surface area contributed by atoms with Crippen molar-refractivity contribution in [2.24, 2.45) is 0 Å². The third-order valence-electron chi connectivity index (χ3n) is 3.67. The number of hydrogen-bond donors (Lipinski definition) is 0. The van der Waals surface area contributed by atoms with Crippen molar-refractivity contribution in [3.8, 4) is 0 Å². The molecular formula is C17H13N3O5S. The molecule has 0 saturated heterocycles. The Morgan fingerprint density at radius 2 is 1.88 bits per heavy atom. The molecule has 0 atom stereocenters. The molecule has 0 aliphatic heterocycles. The number of ether oxygens (including phenoxy) is 1. The highest BCUT2D eigenvalue weighted by Crippen LogP contribution is 2.29. The summed E-state index contributed by atoms with van der Waals surface area (Å²) in [4.78, 5) is 40.7. The SMILES string of the molecule is COC(=O)c1cc(C(=O)N(C)c2nc3ccccc3s2)cc([N+](=O)[O-])c1. The highest BCUT2D eigenvalue weighted by molar-refractivity contribution is 7.22. The molecule has 0 aliphatic carbocycles. The minimum atomic E-state index is -0.759. The predicted octanol–water partition coefficient (Wildman–Crippen LogP) is 3.27. The Morgan fingerprint density at radius 1 is 1.19 bits per heavy atom. The van der Waals surface area contributed by atoms with Crippen LogP contribution in [0.3, 0.4) is 0 Å². The van der Waals surface area contributed by atoms with E-state index in [9.17, 15) is 19.7 Å². The Balaban J connectivity index is 2.01. The number of methoxy groups -OCH3 is 1. The molecule has 0 spiro atoms. The first-order chi connectivity index (χ1) is 12.4. The maximum atomic E-state index is 12.8. The largest absolute Gasteiger partial charge is 0.465 e. The Bertz CT molecular complexity index is 997. The number of anilines is 1. The summed E-state index contributed by atoms with van der Waals surface area (Å²) in [6.07, 6.45) is 0. The fraction of sp³-hybridized carbons (Fsp3) is 0.118. The fourth-order valence-electron chi connectivity index (χ4n) is 2.36. The number of para-hydroxylation sites is 1. The molecule has 26 heavy (non-hydrogen) atoms. The van der Waals surface area contributed by atoms with Crippen molar-refractivity contribution in [3.05, 3.63) is 63.7 Å². The summed E-state index contributed by atoms with van der Waals surface area (Å²) in [6, 6.07) is 10.9. The number of nitro benzene ring substituents is 1. The number of nitro groups is 1. The Kier molecular flexibility index (Phi) is 4.63. The van der Waals surface area contributed by atoms with E-state index < -0.39 is 16.8 Å². The highest BCUT2D eigenvalue weighted by atomic mass is 32.1. The zero-order chi connectivity index (χ0) is 18.8. The summed E-state index contributed by atoms with van der Waals surface area (Å²) in [5.74, 6) is -1.27. The van der Waals surface area contributed by atoms with Gasteiger partial charge < -0.3 is 4.74 Å². The van der Waals surface area contributed by atoms with Gasteiger partial charge >= 0.3 is 5.97 Å². The van der Waals surface area contributed by atoms with Crippen molar-refractivity contribution < 1.29 is 19.2 Å². The summed E-state index contributed by atoms with van der Waals surface area (Å²) >= 11 is 1.32. The molecule has 8 nitrogen and oxygen atoms in total. The Labute approximate surface area is 151 Å². The molecule has 0 N–H and O–H groups in total. The first-order valence-corrected chi connectivity index (χ1v) is 8.24. The molecule has 0 radical (unpaired) electrons. The van der Waals surface area contributed by atoms with Gasteiger partial charge in [0.1, 0.15) is 0 Å². The van der Waals surface area contributed by atoms with Crippen LogP contribution in [0.1, 0.15) is 20.7 Å². The molecule has 2 aromatic carbocycles. The lowest BCUT2D eigenvalue weighted by Gasteiger charge is -2.14. The average molecular weight is 371 g/mol. The van der Waals surface area contributed by atoms with Gasteiger partial charge in [-0.2, -0.15) is 0 Å². The number of thiazole rings is 1. The van der Waals surface area contributed by atoms with Gasteiger partial charge in [-0.15, -0.1) is 0 Å². The highest BCUT2D eigenvalue weighted by Gasteiger charge is 2.22. The minimum absolute atomic E-state index is 0.00126. The van der Waals surface area contributed by atoms with Crippen molar-refractivity contribution in [3.63, 3.8) is 0 Å². The molecule has 132 valence electrons. The van der Waals surface area contributed by atoms with Gasteiger partial charge in [-0.3, -0.25) is 19.8 Å². The zero-order valence-electron chi connectivity index (χ0n) is 13.8. The van der Waals surface area contributed by atoms with Crippen LogP contribution in [0.25, 0.3) is 10.2 Å². The van der Waals surface area contributed by atoms with Crippen molar-refractivity contribution >= 4 is 44.2 Å². The second-order valence-corrected chi connectivity index (χ2v) is 6.35. The number of rotatable bonds is 4. The number of fused-ring (bicyclic) bond motifs is 1. The number of aromatic nitrogens is 1. The summed E-state index contributed by atoms with van der Waals surface area (Å²) in [6.45, 7) is 0. The van der Waals surface area contributed by atoms with Crippen LogP contribution in [0.4, 0.5) is 10.8 Å². The summed E-state index contributed by atoms with van der Waals surface area (Å²) in [7, 11) is 2.69. The van der Waals surface area contributed by atoms with E-state index in [4.69, 9.17) is 0 Å². The van der Waals surface area contributed by atoms with Gasteiger partial charge in [0.25, 0.3) is 11.6 Å². The molecule has 0 unspecified atom stereocenters. The maximum Gasteiger partial charge on any atom is 0.338 e. The molecule has 0 fully saturated rings. The Hall–Kier alpha value is -3.33. The number of benzene rings is 2. The number of non-ortho nitro benzene ring substituents is 1. The van der Waals surface area contributed by atoms with Crippen LogP contribution in [-0.4, -0.2) is 35.9 Å². The second kappa shape index (κ2) is 6.89. The number of esters is 1. The van der Waals surface area contributed by atoms with Crippen LogP contribution < -0.4 is 4.90 Å². The molecule has 0 bridgehead atoms. The van der Waals surface area contributed by atoms with Gasteiger partial charge in [-0.05, 0) is 18.2 Å². The minimum Gasteiger partial charge on any atom is -0.465 e. The molecule has 3 aromatic rings. The van der Waals surface area contributed by atoms with E-state index in [2.05, 4.69) is 9.72 Å². The normalized spacial score (nSPS) is 10.5. The van der Waals surface area contributed by atoms with Crippen LogP contribution in [-0.2, 0) is 4.74 Å². The van der Waals surface area contributed by atoms with E-state index in [0.29, 0.717) is 5.13 Å². The van der Waals surface area contributed by atoms with Crippen LogP contribution in [0.2, 0.25) is 0 Å². The van der Waals surface area contributed by atoms with E-state index in [0.717, 1.165) is 29.5 Å². The number of carbonyl (C=O) groups is 2. The Morgan fingerprint density at radius 3 is 2.54 bits per heavy atom. The lowest BCUT2D eigenvalue weighted by molar-refractivity contribution is -0.384. The number of carbonyl (C=O) groups excluding carboxylic acids is 2. The fourth-order valence-corrected chi connectivity index (χ4v) is 3.29. The molecule has 0 saturated carbocycles. The molecule has 0 aliphatic rings. The number of hydrogen-bond acceptors (Lipinski definition) is 7. The van der Waals surface area contributed by atoms with Crippen molar-refractivity contribution in [2.75, 3.05) is 19.1 Å². The molecule has 3 rings (SSSR count). The van der Waals surface area contributed by atoms with Gasteiger partial charge in [0.15, 0.2) is 5.13 Å². The van der Waals surface area contributed by atoms with E-state index >= 15 is 0 Å². The van der Waals surface area contributed by atoms with Gasteiger partial charge in [0.05, 0.1) is 27.8 Å². The van der Waals surface area contributed by atoms with Crippen LogP contribution in [0, 0.1) is 10.1 Å². The third-order valence-corrected chi connectivity index (χ3v) is 4.78. The van der Waals surface area contributed by atoms with Crippen LogP contribution in [0.5, 0.6) is 0 Å². The van der Waals surface area contributed by atoms with Crippen LogP contribution >= 0.6 is 11.3 Å². The first-order valence-electron chi connectivity index (χ1n) is 7.42. The van der Waals surface area contributed by atoms with Gasteiger partial charge in [-0.25, -0.2) is 9.78 Å². The lowest BCUT2D eigenvalue weighted by atomic mass is 10.1. The topological polar surface area (TPSA) is 103 Å². The summed E-state index contributed by atoms with van der Waals surface area (Å²) in [5.41, 5.74) is 0.319. The zero-order valence-corrected chi connectivity index (χ0v) is 14.6. The molecule has 1 heterocycles. The van der Waals surface area contributed by atoms with Crippen molar-refractivity contribution in [1.82, 2.24) is 4.98 Å². The molecular weight excluding hydrogens is 358 g/mol. The monoisotopic (exact) mass is 371 g/mol. The molecule has 1 aromatic heterocycles. The van der Waals surface area contributed by atoms with E-state index in [-0.39, 0.29) is 16.8 Å². The maximum absolute atomic E-state index is 12.8. The summed E-state index contributed by atoms with van der Waals surface area (Å²) < 4.78 is 5.51. The third kappa shape index (κ3) is 3.24. The van der Waals surface area contributed by atoms with Crippen molar-refractivity contribution in [1.29, 1.82) is 0 Å². The van der Waals surface area contributed by atoms with Gasteiger partial charge in [0, 0.05) is 24.7 Å². The van der Waals surface area contributed by atoms with Crippen LogP contribution in [0.15, 0.2) is 42.5 Å². The predicted molar refractivity (Wildman–Crippen MR) is 96.8 cm³/mol. The van der Waals surface area contributed by atoms with E-state index in [1.54, 1.807) is 0 Å². The van der Waals surface area contributed by atoms with Gasteiger partial charge in [-0.1, -0.05) is 23.5 Å². The van der Waals surface area contributed by atoms with Gasteiger partial charge in [0.2, 0.25) is 0 Å². The summed E-state index contributed by atoms with van der Waals surface area (Å²) in [5, 5.41) is 11.6. The van der Waals surface area contributed by atoms with E-state index in [1.807, 2.05) is 24.3 Å². The number of amides is 1. The first kappa shape index (κ1) is 17.5. The standard InChI is InChI=1S/C17H13N3O5S/c1-19(17-18-13-5-3-4-6-14(13)26-17)15(21)10-7-11(16(22)25-2)9-12(8-10)20(23)24/h3-9H,1-2H3. The quantitative estimate of drug-likeness (QED) is 0.396. The lowest BCUT2D eigenvalue weighted by Crippen LogP contribution is -2.26.